The van der Waals surface area contributed by atoms with Crippen molar-refractivity contribution in [2.45, 2.75) is 0 Å². The van der Waals surface area contributed by atoms with Gasteiger partial charge in [0.05, 0.1) is 72.4 Å². The first-order valence-corrected chi connectivity index (χ1v) is 43.4. The van der Waals surface area contributed by atoms with E-state index in [2.05, 4.69) is 472 Å². The lowest BCUT2D eigenvalue weighted by atomic mass is 9.93. The second-order valence-electron chi connectivity index (χ2n) is 33.2. The highest BCUT2D eigenvalue weighted by atomic mass is 15.1. The van der Waals surface area contributed by atoms with Crippen LogP contribution < -0.4 is 0 Å². The van der Waals surface area contributed by atoms with Crippen LogP contribution in [0.2, 0.25) is 0 Å². The number of benzene rings is 19. The molecule has 0 saturated carbocycles. The molecule has 25 rings (SSSR count). The van der Waals surface area contributed by atoms with Gasteiger partial charge in [0.2, 0.25) is 0 Å². The van der Waals surface area contributed by atoms with Crippen LogP contribution in [0.1, 0.15) is 5.56 Å². The summed E-state index contributed by atoms with van der Waals surface area (Å²) in [6.45, 7) is 0. The molecule has 7 nitrogen and oxygen atoms in total. The molecule has 590 valence electrons. The van der Waals surface area contributed by atoms with Gasteiger partial charge in [-0.1, -0.05) is 322 Å². The Labute approximate surface area is 732 Å². The van der Waals surface area contributed by atoms with Gasteiger partial charge in [-0.25, -0.2) is 4.98 Å². The molecule has 6 aromatic heterocycles. The minimum Gasteiger partial charge on any atom is -0.306 e. The van der Waals surface area contributed by atoms with Crippen LogP contribution in [0.25, 0.3) is 238 Å². The Hall–Kier alpha value is -17.2. The van der Waals surface area contributed by atoms with Crippen molar-refractivity contribution in [3.05, 3.63) is 461 Å². The van der Waals surface area contributed by atoms with Gasteiger partial charge in [0.15, 0.2) is 0 Å². The van der Waals surface area contributed by atoms with E-state index in [1.165, 1.54) is 0 Å². The second-order valence-corrected chi connectivity index (χ2v) is 33.2. The van der Waals surface area contributed by atoms with Crippen LogP contribution in [0.3, 0.4) is 0 Å². The SMILES string of the molecule is N#Cc1c(-n2c3ccc(-c4ccccc4)cc3c3cc(-c4ccccc4)ccc32)c(-n2c3ccc(-c4ccccc4)cc3c3cc(-c4ccccc4)ccc32)c(-c2cccc(-n3c4ccccc4c4cccnc43)c2)c(-n2c3ccc(-c4ccccc4)cc3c3cc(-c4ccccc4)ccc32)c1-n1c2ccc(-c3ccccc3)cc2c2cc(-c3ccccc3)ccc21. The van der Waals surface area contributed by atoms with Gasteiger partial charge in [0, 0.05) is 71.3 Å². The molecule has 7 heteroatoms. The van der Waals surface area contributed by atoms with Gasteiger partial charge in [-0.05, 0) is 222 Å². The third kappa shape index (κ3) is 11.8. The zero-order chi connectivity index (χ0) is 83.7. The van der Waals surface area contributed by atoms with E-state index >= 15 is 0 Å². The van der Waals surface area contributed by atoms with E-state index < -0.39 is 0 Å². The van der Waals surface area contributed by atoms with E-state index in [1.807, 2.05) is 12.3 Å². The van der Waals surface area contributed by atoms with Crippen molar-refractivity contribution < 1.29 is 0 Å². The summed E-state index contributed by atoms with van der Waals surface area (Å²) in [5.74, 6) is 0. The fraction of sp³-hybridized carbons (Fsp3) is 0. The van der Waals surface area contributed by atoms with Crippen LogP contribution in [-0.4, -0.2) is 27.8 Å². The number of nitrogens with zero attached hydrogens (tertiary/aromatic N) is 7. The molecule has 0 radical (unpaired) electrons. The Morgan fingerprint density at radius 1 is 0.173 bits per heavy atom. The number of aromatic nitrogens is 6. The van der Waals surface area contributed by atoms with Crippen LogP contribution in [0.5, 0.6) is 0 Å². The normalized spacial score (nSPS) is 11.8. The maximum absolute atomic E-state index is 14.3. The van der Waals surface area contributed by atoms with Crippen LogP contribution >= 0.6 is 0 Å². The van der Waals surface area contributed by atoms with Crippen molar-refractivity contribution in [1.29, 1.82) is 5.26 Å². The number of hydrogen-bond donors (Lipinski definition) is 0. The Morgan fingerprint density at radius 2 is 0.409 bits per heavy atom. The van der Waals surface area contributed by atoms with Gasteiger partial charge in [-0.15, -0.1) is 0 Å². The Balaban J connectivity index is 0.956. The average Bonchev–Trinajstić information content (AvgIpc) is 1.47. The number of nitriles is 1. The van der Waals surface area contributed by atoms with E-state index in [-0.39, 0.29) is 0 Å². The van der Waals surface area contributed by atoms with Crippen molar-refractivity contribution in [1.82, 2.24) is 27.8 Å². The molecule has 0 spiro atoms. The topological polar surface area (TPSA) is 61.3 Å². The summed E-state index contributed by atoms with van der Waals surface area (Å²) >= 11 is 0. The first kappa shape index (κ1) is 72.6. The molecule has 0 amide bonds. The molecule has 0 aliphatic carbocycles. The standard InChI is InChI=1S/C120H75N7/c121-76-105-116(124-107-58-50-85(77-29-9-1-10-30-77)68-97(107)98-69-86(51-59-108(98)124)78-31-11-2-12-32-78)118(126-111-62-54-89(81-37-17-5-18-38-81)72-101(111)102-73-90(55-63-112(102)126)82-39-19-6-20-40-82)115(93-45-27-46-94(67-93)123-106-49-26-25-47-95(106)96-48-28-66-122-120(96)123)119(127-113-64-56-91(83-41-21-7-22-42-83)74-103(113)104-75-92(57-65-114(104)127)84-43-23-8-24-44-84)117(105)125-109-60-52-87(79-33-13-3-14-34-79)70-99(109)100-71-88(53-61-110(100)125)80-35-15-4-16-36-80/h1-75H. The summed E-state index contributed by atoms with van der Waals surface area (Å²) in [4.78, 5) is 5.31. The first-order chi connectivity index (χ1) is 63.0. The highest BCUT2D eigenvalue weighted by molar-refractivity contribution is 6.20. The van der Waals surface area contributed by atoms with Crippen molar-refractivity contribution >= 4 is 109 Å². The summed E-state index contributed by atoms with van der Waals surface area (Å²) in [5.41, 5.74) is 32.8. The smallest absolute Gasteiger partial charge is 0.145 e. The number of para-hydroxylation sites is 1. The molecular formula is C120H75N7. The Morgan fingerprint density at radius 3 is 0.685 bits per heavy atom. The average molecular weight is 1610 g/mol. The summed E-state index contributed by atoms with van der Waals surface area (Å²) in [6.07, 6.45) is 1.91. The minimum atomic E-state index is 0.446. The molecule has 0 bridgehead atoms. The lowest BCUT2D eigenvalue weighted by molar-refractivity contribution is 1.04. The van der Waals surface area contributed by atoms with Crippen LogP contribution in [0, 0.1) is 11.3 Å². The van der Waals surface area contributed by atoms with E-state index in [4.69, 9.17) is 4.98 Å². The first-order valence-electron chi connectivity index (χ1n) is 43.4. The molecule has 0 saturated heterocycles. The van der Waals surface area contributed by atoms with E-state index in [0.29, 0.717) is 16.9 Å². The van der Waals surface area contributed by atoms with Crippen LogP contribution in [-0.2, 0) is 0 Å². The lowest BCUT2D eigenvalue weighted by Crippen LogP contribution is -2.16. The van der Waals surface area contributed by atoms with E-state index in [1.54, 1.807) is 0 Å². The Kier molecular flexibility index (Phi) is 16.9. The molecule has 127 heavy (non-hydrogen) atoms. The number of rotatable bonds is 14. The fourth-order valence-corrected chi connectivity index (χ4v) is 20.3. The molecule has 0 aliphatic heterocycles. The predicted octanol–water partition coefficient (Wildman–Crippen LogP) is 31.4. The molecule has 19 aromatic carbocycles. The van der Waals surface area contributed by atoms with Gasteiger partial charge in [-0.3, -0.25) is 4.57 Å². The maximum Gasteiger partial charge on any atom is 0.145 e. The fourth-order valence-electron chi connectivity index (χ4n) is 20.3. The number of hydrogen-bond acceptors (Lipinski definition) is 2. The third-order valence-corrected chi connectivity index (χ3v) is 26.1. The minimum absolute atomic E-state index is 0.446. The van der Waals surface area contributed by atoms with Crippen molar-refractivity contribution in [2.24, 2.45) is 0 Å². The molecule has 6 heterocycles. The highest BCUT2D eigenvalue weighted by Gasteiger charge is 2.37. The molecule has 0 unspecified atom stereocenters. The van der Waals surface area contributed by atoms with Crippen molar-refractivity contribution in [3.8, 4) is 135 Å². The summed E-state index contributed by atoms with van der Waals surface area (Å²) in [5, 5.41) is 24.8. The molecule has 25 aromatic rings. The zero-order valence-corrected chi connectivity index (χ0v) is 68.9. The van der Waals surface area contributed by atoms with Gasteiger partial charge in [0.25, 0.3) is 0 Å². The summed E-state index contributed by atoms with van der Waals surface area (Å²) in [6, 6.07) is 168. The van der Waals surface area contributed by atoms with E-state index in [9.17, 15) is 5.26 Å². The molecule has 0 fully saturated rings. The molecule has 0 aliphatic rings. The van der Waals surface area contributed by atoms with Gasteiger partial charge in [-0.2, -0.15) is 5.26 Å². The highest BCUT2D eigenvalue weighted by Crippen LogP contribution is 2.55. The number of pyridine rings is 1. The molecular weight excluding hydrogens is 1540 g/mol. The monoisotopic (exact) mass is 1610 g/mol. The van der Waals surface area contributed by atoms with Crippen LogP contribution in [0.4, 0.5) is 0 Å². The Bertz CT molecular complexity index is 7910. The van der Waals surface area contributed by atoms with Crippen molar-refractivity contribution in [3.63, 3.8) is 0 Å². The van der Waals surface area contributed by atoms with Crippen LogP contribution in [0.15, 0.2) is 455 Å². The summed E-state index contributed by atoms with van der Waals surface area (Å²) in [7, 11) is 0. The van der Waals surface area contributed by atoms with Gasteiger partial charge < -0.3 is 18.3 Å². The maximum atomic E-state index is 14.3. The predicted molar refractivity (Wildman–Crippen MR) is 530 cm³/mol. The lowest BCUT2D eigenvalue weighted by Gasteiger charge is -2.29. The zero-order valence-electron chi connectivity index (χ0n) is 68.9. The van der Waals surface area contributed by atoms with E-state index in [0.717, 1.165) is 226 Å². The van der Waals surface area contributed by atoms with Gasteiger partial charge in [0.1, 0.15) is 17.3 Å². The van der Waals surface area contributed by atoms with Crippen molar-refractivity contribution in [2.75, 3.05) is 0 Å². The molecule has 0 N–H and O–H groups in total. The largest absolute Gasteiger partial charge is 0.306 e. The van der Waals surface area contributed by atoms with Gasteiger partial charge >= 0.3 is 0 Å². The second kappa shape index (κ2) is 29.6. The number of fused-ring (bicyclic) bond motifs is 15. The molecule has 0 atom stereocenters. The third-order valence-electron chi connectivity index (χ3n) is 26.1. The quantitative estimate of drug-likeness (QED) is 0.109. The summed E-state index contributed by atoms with van der Waals surface area (Å²) < 4.78 is 12.4.